The Balaban J connectivity index is 0.000000921. The molecule has 34 heteroatoms. The summed E-state index contributed by atoms with van der Waals surface area (Å²) >= 11 is 0. The van der Waals surface area contributed by atoms with Crippen molar-refractivity contribution in [1.29, 1.82) is 0 Å². The Kier molecular flexibility index (Phi) is 21.4. The summed E-state index contributed by atoms with van der Waals surface area (Å²) in [7, 11) is -14.0. The van der Waals surface area contributed by atoms with Crippen molar-refractivity contribution >= 4 is 31.2 Å². The first kappa shape index (κ1) is 53.9. The van der Waals surface area contributed by atoms with Gasteiger partial charge in [-0.1, -0.05) is 0 Å². The van der Waals surface area contributed by atoms with Gasteiger partial charge in [-0.3, -0.25) is 27.3 Å². The molecule has 4 fully saturated rings. The van der Waals surface area contributed by atoms with Gasteiger partial charge >= 0.3 is 31.2 Å². The highest BCUT2D eigenvalue weighted by molar-refractivity contribution is 7.80. The molecule has 25 N–H and O–H groups in total. The monoisotopic (exact) mass is 908 g/mol. The molecule has 1 aliphatic carbocycles. The van der Waals surface area contributed by atoms with E-state index in [1.54, 1.807) is 0 Å². The van der Waals surface area contributed by atoms with E-state index in [0.717, 1.165) is 0 Å². The number of ether oxygens (including phenoxy) is 6. The maximum atomic E-state index is 11.1. The number of rotatable bonds is 9. The van der Waals surface area contributed by atoms with Crippen LogP contribution in [-0.4, -0.2) is 224 Å². The second kappa shape index (κ2) is 22.6. The average Bonchev–Trinajstić information content (AvgIpc) is 3.36. The lowest BCUT2D eigenvalue weighted by Crippen LogP contribution is -2.68. The van der Waals surface area contributed by atoms with E-state index in [1.807, 2.05) is 0 Å². The van der Waals surface area contributed by atoms with Crippen LogP contribution in [0.25, 0.3) is 0 Å². The molecule has 57 heavy (non-hydrogen) atoms. The second-order valence-corrected chi connectivity index (χ2v) is 15.3. The summed E-state index contributed by atoms with van der Waals surface area (Å²) in [6, 6.07) is -4.18. The van der Waals surface area contributed by atoms with Crippen LogP contribution < -0.4 is 34.4 Å². The van der Waals surface area contributed by atoms with Gasteiger partial charge in [-0.15, -0.1) is 0 Å². The Bertz CT molecular complexity index is 1440. The molecule has 3 saturated heterocycles. The molecule has 1 saturated carbocycles. The van der Waals surface area contributed by atoms with Gasteiger partial charge in [-0.2, -0.15) is 25.3 Å². The predicted molar refractivity (Wildman–Crippen MR) is 181 cm³/mol. The van der Waals surface area contributed by atoms with Crippen LogP contribution in [0.3, 0.4) is 0 Å². The van der Waals surface area contributed by atoms with Crippen LogP contribution in [0.4, 0.5) is 0 Å². The normalized spacial score (nSPS) is 42.7. The summed E-state index contributed by atoms with van der Waals surface area (Å²) in [5, 5.41) is 73.0. The first-order valence-electron chi connectivity index (χ1n) is 16.0. The molecule has 15 unspecified atom stereocenters. The molecule has 3 heterocycles. The van der Waals surface area contributed by atoms with E-state index in [9.17, 15) is 35.7 Å². The molecule has 0 aromatic carbocycles. The largest absolute Gasteiger partial charge is 0.394 e. The van der Waals surface area contributed by atoms with Crippen LogP contribution in [0, 0.1) is 0 Å². The standard InChI is InChI=1S/C23H46N6O13.3H2O4S/c24-2-7-13(32)15(34)10(28)21(37-7)40-18-6(27)1-5(26)12(31)20(18)42-23-17(36)19(9(4-30)39-23)41-22-11(29)16(35)14(33)8(3-25)38-22;3*1-5(2,3)4/h5-23,30-36H,1-4,24-29H2;3*(H2,1,2,3,4)/t5?,6?,7?,8?,9-,10?,11?,12?,13?,14?,15?,16?,17+,18?,19+,20?,21?,22?,23+;;;/m1.../s1. The third kappa shape index (κ3) is 17.8. The Morgan fingerprint density at radius 2 is 0.807 bits per heavy atom. The van der Waals surface area contributed by atoms with Crippen molar-refractivity contribution in [2.75, 3.05) is 19.7 Å². The Morgan fingerprint density at radius 3 is 1.16 bits per heavy atom. The zero-order valence-corrected chi connectivity index (χ0v) is 31.6. The highest BCUT2D eigenvalue weighted by atomic mass is 32.3. The predicted octanol–water partition coefficient (Wildman–Crippen LogP) is -10.9. The summed E-state index contributed by atoms with van der Waals surface area (Å²) in [6.45, 7) is -0.967. The molecule has 31 nitrogen and oxygen atoms in total. The fourth-order valence-electron chi connectivity index (χ4n) is 5.74. The lowest BCUT2D eigenvalue weighted by atomic mass is 9.84. The van der Waals surface area contributed by atoms with Crippen molar-refractivity contribution in [2.24, 2.45) is 34.4 Å². The minimum absolute atomic E-state index is 0.0889. The fourth-order valence-corrected chi connectivity index (χ4v) is 5.74. The Labute approximate surface area is 324 Å². The summed E-state index contributed by atoms with van der Waals surface area (Å²) in [5.41, 5.74) is 35.6. The van der Waals surface area contributed by atoms with Gasteiger partial charge in [0.2, 0.25) is 0 Å². The summed E-state index contributed by atoms with van der Waals surface area (Å²) in [4.78, 5) is 0. The van der Waals surface area contributed by atoms with E-state index < -0.39 is 154 Å². The van der Waals surface area contributed by atoms with E-state index in [2.05, 4.69) is 0 Å². The number of hydrogen-bond acceptors (Lipinski definition) is 25. The van der Waals surface area contributed by atoms with Crippen molar-refractivity contribution in [3.63, 3.8) is 0 Å². The van der Waals surface area contributed by atoms with Gasteiger partial charge in [-0.25, -0.2) is 0 Å². The van der Waals surface area contributed by atoms with E-state index >= 15 is 0 Å². The highest BCUT2D eigenvalue weighted by Gasteiger charge is 2.54. The zero-order valence-electron chi connectivity index (χ0n) is 29.2. The van der Waals surface area contributed by atoms with Gasteiger partial charge in [-0.05, 0) is 6.42 Å². The molecule has 19 atom stereocenters. The Hall–Kier alpha value is -1.15. The number of nitrogens with two attached hydrogens (primary N) is 6. The van der Waals surface area contributed by atoms with Gasteiger partial charge in [0.25, 0.3) is 0 Å². The zero-order chi connectivity index (χ0) is 44.5. The first-order valence-corrected chi connectivity index (χ1v) is 20.2. The van der Waals surface area contributed by atoms with E-state index in [4.69, 9.17) is 115 Å². The van der Waals surface area contributed by atoms with E-state index in [0.29, 0.717) is 0 Å². The molecule has 342 valence electrons. The molecule has 3 aliphatic heterocycles. The molecule has 0 radical (unpaired) electrons. The average molecular weight is 909 g/mol. The highest BCUT2D eigenvalue weighted by Crippen LogP contribution is 2.34. The Morgan fingerprint density at radius 1 is 0.474 bits per heavy atom. The lowest BCUT2D eigenvalue weighted by Gasteiger charge is -2.47. The molecule has 0 aromatic heterocycles. The third-order valence-corrected chi connectivity index (χ3v) is 8.37. The fraction of sp³-hybridized carbons (Fsp3) is 1.00. The van der Waals surface area contributed by atoms with Gasteiger partial charge in [0.15, 0.2) is 18.9 Å². The van der Waals surface area contributed by atoms with Gasteiger partial charge < -0.3 is 98.6 Å². The minimum atomic E-state index is -4.67. The van der Waals surface area contributed by atoms with Crippen LogP contribution in [0.5, 0.6) is 0 Å². The molecule has 0 spiro atoms. The molecule has 4 aliphatic rings. The van der Waals surface area contributed by atoms with Gasteiger partial charge in [0, 0.05) is 25.2 Å². The molecule has 0 amide bonds. The number of aliphatic hydroxyl groups is 7. The van der Waals surface area contributed by atoms with Gasteiger partial charge in [0.1, 0.15) is 67.1 Å². The molecule has 0 bridgehead atoms. The number of aliphatic hydroxyl groups excluding tert-OH is 7. The molecule has 4 rings (SSSR count). The number of hydrogen-bond donors (Lipinski definition) is 19. The van der Waals surface area contributed by atoms with Crippen molar-refractivity contribution < 1.29 is 117 Å². The topological polar surface area (TPSA) is 577 Å². The van der Waals surface area contributed by atoms with Crippen molar-refractivity contribution in [1.82, 2.24) is 0 Å². The third-order valence-electron chi connectivity index (χ3n) is 8.37. The van der Waals surface area contributed by atoms with Crippen molar-refractivity contribution in [3.8, 4) is 0 Å². The van der Waals surface area contributed by atoms with E-state index in [-0.39, 0.29) is 19.5 Å². The summed E-state index contributed by atoms with van der Waals surface area (Å²) in [6.07, 6.45) is -19.8. The van der Waals surface area contributed by atoms with Crippen LogP contribution in [0.15, 0.2) is 0 Å². The summed E-state index contributed by atoms with van der Waals surface area (Å²) in [5.74, 6) is 0. The smallest absolute Gasteiger partial charge is 0.394 e. The van der Waals surface area contributed by atoms with Crippen molar-refractivity contribution in [3.05, 3.63) is 0 Å². The van der Waals surface area contributed by atoms with E-state index in [1.165, 1.54) is 0 Å². The van der Waals surface area contributed by atoms with Crippen LogP contribution in [0.2, 0.25) is 0 Å². The second-order valence-electron chi connectivity index (χ2n) is 12.6. The molecular weight excluding hydrogens is 856 g/mol. The first-order chi connectivity index (χ1) is 25.8. The minimum Gasteiger partial charge on any atom is -0.394 e. The SMILES string of the molecule is NCC1OC(OC2C(N)CC(N)C(O)C2O[C@@H]2O[C@H](CO)[C@H](OC3OC(CN)C(O)C(O)C3N)[C@@H]2O)C(N)C(O)C1O.O=S(=O)(O)O.O=S(=O)(O)O.O=S(=O)(O)O. The van der Waals surface area contributed by atoms with Crippen LogP contribution in [0.1, 0.15) is 6.42 Å². The van der Waals surface area contributed by atoms with Crippen LogP contribution in [-0.2, 0) is 59.6 Å². The quantitative estimate of drug-likeness (QED) is 0.0955. The molecular formula is C23H52N6O25S3. The summed E-state index contributed by atoms with van der Waals surface area (Å²) < 4.78 is 129. The van der Waals surface area contributed by atoms with Crippen molar-refractivity contribution in [2.45, 2.75) is 123 Å². The maximum Gasteiger partial charge on any atom is 0.394 e. The maximum absolute atomic E-state index is 11.1. The molecule has 0 aromatic rings. The van der Waals surface area contributed by atoms with Crippen LogP contribution >= 0.6 is 0 Å². The van der Waals surface area contributed by atoms with Gasteiger partial charge in [0.05, 0.1) is 24.8 Å². The lowest BCUT2D eigenvalue weighted by molar-refractivity contribution is -0.306.